The summed E-state index contributed by atoms with van der Waals surface area (Å²) < 4.78 is 22.5. The fourth-order valence-electron chi connectivity index (χ4n) is 2.16. The Labute approximate surface area is 118 Å². The molecule has 1 fully saturated rings. The van der Waals surface area contributed by atoms with Gasteiger partial charge in [0.1, 0.15) is 9.84 Å². The summed E-state index contributed by atoms with van der Waals surface area (Å²) in [5.74, 6) is 0. The summed E-state index contributed by atoms with van der Waals surface area (Å²) in [5, 5.41) is 13.6. The highest BCUT2D eigenvalue weighted by Gasteiger charge is 2.35. The average molecular weight is 304 g/mol. The van der Waals surface area contributed by atoms with E-state index in [1.807, 2.05) is 0 Å². The quantitative estimate of drug-likeness (QED) is 0.866. The van der Waals surface area contributed by atoms with E-state index in [9.17, 15) is 13.5 Å². The van der Waals surface area contributed by atoms with Crippen molar-refractivity contribution < 1.29 is 13.5 Å². The van der Waals surface area contributed by atoms with Crippen molar-refractivity contribution in [3.63, 3.8) is 0 Å². The molecule has 2 rings (SSSR count). The van der Waals surface area contributed by atoms with Gasteiger partial charge in [-0.15, -0.1) is 0 Å². The average Bonchev–Trinajstić information content (AvgIpc) is 2.25. The molecule has 0 radical (unpaired) electrons. The number of benzene rings is 1. The standard InChI is InChI=1S/C13H18ClNO3S/c1-19(17,18)12-6-11(7-12)15-8-13(16)9-2-4-10(14)5-3-9/h2-5,11-13,15-16H,6-8H2,1H3/t11?,12?,13-/m0/s1. The highest BCUT2D eigenvalue weighted by Crippen LogP contribution is 2.27. The molecular weight excluding hydrogens is 286 g/mol. The topological polar surface area (TPSA) is 66.4 Å². The molecule has 1 aromatic carbocycles. The summed E-state index contributed by atoms with van der Waals surface area (Å²) in [5.41, 5.74) is 0.802. The maximum atomic E-state index is 11.3. The van der Waals surface area contributed by atoms with Gasteiger partial charge in [0.25, 0.3) is 0 Å². The molecule has 0 aliphatic heterocycles. The Balaban J connectivity index is 1.77. The number of rotatable bonds is 5. The molecule has 0 heterocycles. The van der Waals surface area contributed by atoms with Crippen molar-refractivity contribution in [3.8, 4) is 0 Å². The third kappa shape index (κ3) is 3.92. The number of hydrogen-bond acceptors (Lipinski definition) is 4. The minimum Gasteiger partial charge on any atom is -0.387 e. The lowest BCUT2D eigenvalue weighted by molar-refractivity contribution is 0.162. The zero-order chi connectivity index (χ0) is 14.0. The van der Waals surface area contributed by atoms with Gasteiger partial charge in [-0.2, -0.15) is 0 Å². The van der Waals surface area contributed by atoms with Gasteiger partial charge in [0.15, 0.2) is 0 Å². The molecule has 19 heavy (non-hydrogen) atoms. The van der Waals surface area contributed by atoms with Crippen LogP contribution in [0.15, 0.2) is 24.3 Å². The van der Waals surface area contributed by atoms with Gasteiger partial charge < -0.3 is 10.4 Å². The number of aliphatic hydroxyl groups is 1. The van der Waals surface area contributed by atoms with Crippen LogP contribution in [0, 0.1) is 0 Å². The number of hydrogen-bond donors (Lipinski definition) is 2. The molecule has 0 bridgehead atoms. The van der Waals surface area contributed by atoms with E-state index in [1.165, 1.54) is 6.26 Å². The predicted octanol–water partition coefficient (Wildman–Crippen LogP) is 1.54. The van der Waals surface area contributed by atoms with Crippen LogP contribution in [0.2, 0.25) is 5.02 Å². The highest BCUT2D eigenvalue weighted by molar-refractivity contribution is 7.91. The lowest BCUT2D eigenvalue weighted by Crippen LogP contribution is -2.48. The first-order valence-electron chi connectivity index (χ1n) is 6.22. The Hall–Kier alpha value is -0.620. The third-order valence-corrected chi connectivity index (χ3v) is 5.40. The van der Waals surface area contributed by atoms with Gasteiger partial charge in [0.2, 0.25) is 0 Å². The zero-order valence-electron chi connectivity index (χ0n) is 10.7. The van der Waals surface area contributed by atoms with E-state index in [-0.39, 0.29) is 11.3 Å². The second-order valence-electron chi connectivity index (χ2n) is 5.10. The van der Waals surface area contributed by atoms with E-state index in [1.54, 1.807) is 24.3 Å². The molecule has 1 aliphatic carbocycles. The summed E-state index contributed by atoms with van der Waals surface area (Å²) in [4.78, 5) is 0. The molecule has 106 valence electrons. The van der Waals surface area contributed by atoms with Crippen LogP contribution in [0.5, 0.6) is 0 Å². The predicted molar refractivity (Wildman–Crippen MR) is 76.1 cm³/mol. The van der Waals surface area contributed by atoms with Crippen molar-refractivity contribution in [1.82, 2.24) is 5.32 Å². The molecule has 2 N–H and O–H groups in total. The molecular formula is C13H18ClNO3S. The first-order valence-corrected chi connectivity index (χ1v) is 8.55. The maximum Gasteiger partial charge on any atom is 0.150 e. The van der Waals surface area contributed by atoms with Crippen LogP contribution in [-0.2, 0) is 9.84 Å². The zero-order valence-corrected chi connectivity index (χ0v) is 12.3. The van der Waals surface area contributed by atoms with Crippen molar-refractivity contribution in [1.29, 1.82) is 0 Å². The van der Waals surface area contributed by atoms with E-state index in [0.29, 0.717) is 24.4 Å². The number of halogens is 1. The summed E-state index contributed by atoms with van der Waals surface area (Å²) in [7, 11) is -2.91. The molecule has 1 saturated carbocycles. The molecule has 0 saturated heterocycles. The SMILES string of the molecule is CS(=O)(=O)C1CC(NC[C@H](O)c2ccc(Cl)cc2)C1. The van der Waals surface area contributed by atoms with Crippen LogP contribution in [0.3, 0.4) is 0 Å². The first-order chi connectivity index (χ1) is 8.86. The second-order valence-corrected chi connectivity index (χ2v) is 7.86. The lowest BCUT2D eigenvalue weighted by Gasteiger charge is -2.35. The molecule has 0 unspecified atom stereocenters. The summed E-state index contributed by atoms with van der Waals surface area (Å²) in [6.07, 6.45) is 1.93. The van der Waals surface area contributed by atoms with Crippen molar-refractivity contribution in [3.05, 3.63) is 34.9 Å². The molecule has 0 aromatic heterocycles. The van der Waals surface area contributed by atoms with Gasteiger partial charge >= 0.3 is 0 Å². The van der Waals surface area contributed by atoms with Crippen LogP contribution >= 0.6 is 11.6 Å². The molecule has 1 aliphatic rings. The largest absolute Gasteiger partial charge is 0.387 e. The van der Waals surface area contributed by atoms with E-state index >= 15 is 0 Å². The Kier molecular flexibility index (Phi) is 4.50. The fourth-order valence-corrected chi connectivity index (χ4v) is 3.45. The molecule has 0 amide bonds. The van der Waals surface area contributed by atoms with Gasteiger partial charge in [0.05, 0.1) is 11.4 Å². The van der Waals surface area contributed by atoms with Crippen LogP contribution in [0.1, 0.15) is 24.5 Å². The minimum absolute atomic E-state index is 0.182. The van der Waals surface area contributed by atoms with Crippen LogP contribution in [0.25, 0.3) is 0 Å². The fraction of sp³-hybridized carbons (Fsp3) is 0.538. The Morgan fingerprint density at radius 3 is 2.47 bits per heavy atom. The second kappa shape index (κ2) is 5.79. The van der Waals surface area contributed by atoms with E-state index < -0.39 is 15.9 Å². The van der Waals surface area contributed by atoms with Crippen molar-refractivity contribution in [2.24, 2.45) is 0 Å². The molecule has 6 heteroatoms. The van der Waals surface area contributed by atoms with Crippen LogP contribution in [0.4, 0.5) is 0 Å². The van der Waals surface area contributed by atoms with Gasteiger partial charge in [-0.25, -0.2) is 8.42 Å². The lowest BCUT2D eigenvalue weighted by atomic mass is 9.92. The summed E-state index contributed by atoms with van der Waals surface area (Å²) in [6, 6.07) is 7.23. The van der Waals surface area contributed by atoms with E-state index in [4.69, 9.17) is 11.6 Å². The van der Waals surface area contributed by atoms with Gasteiger partial charge in [-0.1, -0.05) is 23.7 Å². The summed E-state index contributed by atoms with van der Waals surface area (Å²) >= 11 is 5.78. The minimum atomic E-state index is -2.91. The van der Waals surface area contributed by atoms with Gasteiger partial charge in [-0.05, 0) is 30.5 Å². The Morgan fingerprint density at radius 1 is 1.37 bits per heavy atom. The van der Waals surface area contributed by atoms with Gasteiger partial charge in [0, 0.05) is 23.9 Å². The number of aliphatic hydroxyl groups excluding tert-OH is 1. The smallest absolute Gasteiger partial charge is 0.150 e. The number of sulfone groups is 1. The highest BCUT2D eigenvalue weighted by atomic mass is 35.5. The third-order valence-electron chi connectivity index (χ3n) is 3.55. The van der Waals surface area contributed by atoms with Crippen molar-refractivity contribution in [2.75, 3.05) is 12.8 Å². The van der Waals surface area contributed by atoms with Crippen LogP contribution < -0.4 is 5.32 Å². The Morgan fingerprint density at radius 2 is 1.95 bits per heavy atom. The molecule has 0 spiro atoms. The molecule has 4 nitrogen and oxygen atoms in total. The van der Waals surface area contributed by atoms with E-state index in [2.05, 4.69) is 5.32 Å². The Bertz CT molecular complexity index is 523. The molecule has 1 atom stereocenters. The van der Waals surface area contributed by atoms with Gasteiger partial charge in [-0.3, -0.25) is 0 Å². The van der Waals surface area contributed by atoms with Crippen molar-refractivity contribution >= 4 is 21.4 Å². The van der Waals surface area contributed by atoms with E-state index in [0.717, 1.165) is 5.56 Å². The first kappa shape index (κ1) is 14.8. The normalized spacial score (nSPS) is 24.8. The monoisotopic (exact) mass is 303 g/mol. The molecule has 1 aromatic rings. The number of nitrogens with one attached hydrogen (secondary N) is 1. The van der Waals surface area contributed by atoms with Crippen molar-refractivity contribution in [2.45, 2.75) is 30.2 Å². The maximum absolute atomic E-state index is 11.3. The summed E-state index contributed by atoms with van der Waals surface area (Å²) in [6.45, 7) is 0.419. The van der Waals surface area contributed by atoms with Crippen LogP contribution in [-0.4, -0.2) is 37.6 Å².